The lowest BCUT2D eigenvalue weighted by atomic mass is 10.2. The lowest BCUT2D eigenvalue weighted by molar-refractivity contribution is -0.394. The molecule has 8 nitrogen and oxygen atoms in total. The quantitative estimate of drug-likeness (QED) is 0.473. The summed E-state index contributed by atoms with van der Waals surface area (Å²) in [4.78, 5) is 33.4. The summed E-state index contributed by atoms with van der Waals surface area (Å²) in [6.45, 7) is 0.391. The number of hydrogen-bond acceptors (Lipinski definition) is 5. The molecular formula is C11H10BrN3O5. The van der Waals surface area contributed by atoms with E-state index in [0.717, 1.165) is 6.07 Å². The van der Waals surface area contributed by atoms with Crippen LogP contribution in [0.15, 0.2) is 18.2 Å². The largest absolute Gasteiger partial charge is 0.312 e. The van der Waals surface area contributed by atoms with Gasteiger partial charge in [-0.3, -0.25) is 25.0 Å². The maximum atomic E-state index is 11.9. The molecule has 1 heterocycles. The van der Waals surface area contributed by atoms with E-state index in [1.165, 1.54) is 17.0 Å². The minimum atomic E-state index is -0.709. The molecule has 0 bridgehead atoms. The fourth-order valence-corrected chi connectivity index (χ4v) is 2.51. The summed E-state index contributed by atoms with van der Waals surface area (Å²) >= 11 is 3.28. The van der Waals surface area contributed by atoms with Gasteiger partial charge >= 0.3 is 0 Å². The van der Waals surface area contributed by atoms with Crippen molar-refractivity contribution in [1.82, 2.24) is 0 Å². The van der Waals surface area contributed by atoms with Crippen LogP contribution in [0, 0.1) is 26.1 Å². The highest BCUT2D eigenvalue weighted by atomic mass is 79.9. The van der Waals surface area contributed by atoms with E-state index in [1.807, 2.05) is 0 Å². The van der Waals surface area contributed by atoms with Crippen molar-refractivity contribution in [2.24, 2.45) is 5.92 Å². The Kier molecular flexibility index (Phi) is 3.98. The summed E-state index contributed by atoms with van der Waals surface area (Å²) in [6, 6.07) is 3.25. The zero-order chi connectivity index (χ0) is 14.9. The first-order valence-electron chi connectivity index (χ1n) is 5.72. The van der Waals surface area contributed by atoms with Crippen molar-refractivity contribution >= 4 is 38.9 Å². The fourth-order valence-electron chi connectivity index (χ4n) is 2.08. The van der Waals surface area contributed by atoms with Crippen LogP contribution in [0.3, 0.4) is 0 Å². The third-order valence-corrected chi connectivity index (χ3v) is 3.96. The molecule has 0 saturated carbocycles. The molecule has 0 aromatic heterocycles. The van der Waals surface area contributed by atoms with Crippen molar-refractivity contribution in [1.29, 1.82) is 0 Å². The van der Waals surface area contributed by atoms with E-state index >= 15 is 0 Å². The van der Waals surface area contributed by atoms with E-state index in [0.29, 0.717) is 18.3 Å². The number of nitrogens with zero attached hydrogens (tertiary/aromatic N) is 3. The number of alkyl halides is 1. The number of halogens is 1. The van der Waals surface area contributed by atoms with Gasteiger partial charge < -0.3 is 4.90 Å². The second-order valence-electron chi connectivity index (χ2n) is 4.45. The molecule has 0 radical (unpaired) electrons. The molecule has 1 saturated heterocycles. The molecule has 0 N–H and O–H groups in total. The maximum Gasteiger partial charge on any atom is 0.278 e. The van der Waals surface area contributed by atoms with E-state index in [2.05, 4.69) is 15.9 Å². The lowest BCUT2D eigenvalue weighted by Gasteiger charge is -2.16. The Bertz CT molecular complexity index is 559. The summed E-state index contributed by atoms with van der Waals surface area (Å²) in [5.74, 6) is -0.0925. The molecular weight excluding hydrogens is 334 g/mol. The highest BCUT2D eigenvalue weighted by Gasteiger charge is 2.31. The molecule has 1 amide bonds. The predicted octanol–water partition coefficient (Wildman–Crippen LogP) is 2.25. The van der Waals surface area contributed by atoms with Crippen molar-refractivity contribution in [3.63, 3.8) is 0 Å². The SMILES string of the molecule is O=C1CC(CBr)CN1c1cc([N+](=O)[O-])cc([N+](=O)[O-])c1. The van der Waals surface area contributed by atoms with Crippen LogP contribution in [-0.4, -0.2) is 27.6 Å². The van der Waals surface area contributed by atoms with Crippen molar-refractivity contribution in [3.8, 4) is 0 Å². The number of hydrogen-bond donors (Lipinski definition) is 0. The van der Waals surface area contributed by atoms with Gasteiger partial charge in [-0.15, -0.1) is 0 Å². The topological polar surface area (TPSA) is 107 Å². The molecule has 0 aliphatic carbocycles. The Hall–Kier alpha value is -2.03. The molecule has 9 heteroatoms. The average Bonchev–Trinajstić information content (AvgIpc) is 2.79. The van der Waals surface area contributed by atoms with Crippen LogP contribution in [0.4, 0.5) is 17.1 Å². The van der Waals surface area contributed by atoms with Crippen molar-refractivity contribution in [2.45, 2.75) is 6.42 Å². The van der Waals surface area contributed by atoms with Gasteiger partial charge in [0.25, 0.3) is 11.4 Å². The normalized spacial score (nSPS) is 18.4. The molecule has 2 rings (SSSR count). The van der Waals surface area contributed by atoms with Gasteiger partial charge in [0.2, 0.25) is 5.91 Å². The van der Waals surface area contributed by atoms with E-state index in [1.54, 1.807) is 0 Å². The third kappa shape index (κ3) is 2.77. The lowest BCUT2D eigenvalue weighted by Crippen LogP contribution is -2.24. The summed E-state index contributed by atoms with van der Waals surface area (Å²) in [6.07, 6.45) is 0.321. The van der Waals surface area contributed by atoms with Crippen LogP contribution in [-0.2, 0) is 4.79 Å². The maximum absolute atomic E-state index is 11.9. The molecule has 1 aromatic rings. The molecule has 1 aliphatic heterocycles. The first-order valence-corrected chi connectivity index (χ1v) is 6.84. The van der Waals surface area contributed by atoms with Crippen LogP contribution in [0.5, 0.6) is 0 Å². The Morgan fingerprint density at radius 3 is 2.15 bits per heavy atom. The van der Waals surface area contributed by atoms with Gasteiger partial charge in [-0.2, -0.15) is 0 Å². The molecule has 1 aromatic carbocycles. The molecule has 20 heavy (non-hydrogen) atoms. The molecule has 1 unspecified atom stereocenters. The van der Waals surface area contributed by atoms with Gasteiger partial charge in [0.05, 0.1) is 21.6 Å². The van der Waals surface area contributed by atoms with E-state index in [9.17, 15) is 25.0 Å². The number of rotatable bonds is 4. The van der Waals surface area contributed by atoms with Gasteiger partial charge in [-0.05, 0) is 5.92 Å². The summed E-state index contributed by atoms with van der Waals surface area (Å²) < 4.78 is 0. The predicted molar refractivity (Wildman–Crippen MR) is 74.0 cm³/mol. The smallest absolute Gasteiger partial charge is 0.278 e. The number of amides is 1. The molecule has 1 atom stereocenters. The highest BCUT2D eigenvalue weighted by molar-refractivity contribution is 9.09. The number of anilines is 1. The molecule has 106 valence electrons. The second-order valence-corrected chi connectivity index (χ2v) is 5.10. The summed E-state index contributed by atoms with van der Waals surface area (Å²) in [5.41, 5.74) is -0.604. The van der Waals surface area contributed by atoms with Crippen LogP contribution in [0.25, 0.3) is 0 Å². The fraction of sp³-hybridized carbons (Fsp3) is 0.364. The number of carbonyl (C=O) groups excluding carboxylic acids is 1. The van der Waals surface area contributed by atoms with Gasteiger partial charge in [0.15, 0.2) is 0 Å². The van der Waals surface area contributed by atoms with Gasteiger partial charge in [-0.1, -0.05) is 15.9 Å². The molecule has 1 aliphatic rings. The van der Waals surface area contributed by atoms with Crippen LogP contribution in [0.2, 0.25) is 0 Å². The van der Waals surface area contributed by atoms with Crippen molar-refractivity contribution < 1.29 is 14.6 Å². The van der Waals surface area contributed by atoms with Crippen molar-refractivity contribution in [3.05, 3.63) is 38.4 Å². The zero-order valence-electron chi connectivity index (χ0n) is 10.2. The highest BCUT2D eigenvalue weighted by Crippen LogP contribution is 2.32. The van der Waals surface area contributed by atoms with E-state index in [4.69, 9.17) is 0 Å². The van der Waals surface area contributed by atoms with Crippen LogP contribution in [0.1, 0.15) is 6.42 Å². The molecule has 1 fully saturated rings. The standard InChI is InChI=1S/C11H10BrN3O5/c12-5-7-1-11(16)13(6-7)8-2-9(14(17)18)4-10(3-8)15(19)20/h2-4,7H,1,5-6H2. The van der Waals surface area contributed by atoms with E-state index < -0.39 is 21.2 Å². The third-order valence-electron chi connectivity index (χ3n) is 3.04. The average molecular weight is 344 g/mol. The van der Waals surface area contributed by atoms with Crippen LogP contribution >= 0.6 is 15.9 Å². The number of nitro benzene ring substituents is 2. The van der Waals surface area contributed by atoms with Gasteiger partial charge in [0.1, 0.15) is 0 Å². The number of carbonyl (C=O) groups is 1. The Morgan fingerprint density at radius 2 is 1.75 bits per heavy atom. The Balaban J connectivity index is 2.43. The monoisotopic (exact) mass is 343 g/mol. The number of benzene rings is 1. The summed E-state index contributed by atoms with van der Waals surface area (Å²) in [5, 5.41) is 22.3. The summed E-state index contributed by atoms with van der Waals surface area (Å²) in [7, 11) is 0. The minimum Gasteiger partial charge on any atom is -0.312 e. The number of nitro groups is 2. The van der Waals surface area contributed by atoms with Crippen LogP contribution < -0.4 is 4.90 Å². The second kappa shape index (κ2) is 5.53. The van der Waals surface area contributed by atoms with E-state index in [-0.39, 0.29) is 17.5 Å². The van der Waals surface area contributed by atoms with Crippen molar-refractivity contribution in [2.75, 3.05) is 16.8 Å². The Labute approximate surface area is 121 Å². The Morgan fingerprint density at radius 1 is 1.20 bits per heavy atom. The van der Waals surface area contributed by atoms with Gasteiger partial charge in [0, 0.05) is 30.4 Å². The first-order chi connectivity index (χ1) is 9.42. The zero-order valence-corrected chi connectivity index (χ0v) is 11.8. The number of non-ortho nitro benzene ring substituents is 2. The molecule has 0 spiro atoms. The first kappa shape index (κ1) is 14.4. The van der Waals surface area contributed by atoms with Gasteiger partial charge in [-0.25, -0.2) is 0 Å². The minimum absolute atomic E-state index is 0.0980.